The topological polar surface area (TPSA) is 42.0 Å². The van der Waals surface area contributed by atoms with Crippen molar-refractivity contribution in [3.8, 4) is 11.3 Å². The van der Waals surface area contributed by atoms with Crippen molar-refractivity contribution in [2.24, 2.45) is 0 Å². The SMILES string of the molecule is CSc1cccc(C(=O)Nc2nc(-c3cc(C)ccc3C)cs2)c1. The lowest BCUT2D eigenvalue weighted by Crippen LogP contribution is -2.11. The molecule has 1 amide bonds. The van der Waals surface area contributed by atoms with Crippen molar-refractivity contribution in [3.63, 3.8) is 0 Å². The third-order valence-corrected chi connectivity index (χ3v) is 5.21. The van der Waals surface area contributed by atoms with E-state index in [0.717, 1.165) is 16.2 Å². The standard InChI is InChI=1S/C19H18N2OS2/c1-12-7-8-13(2)16(9-12)17-11-24-19(20-17)21-18(22)14-5-4-6-15(10-14)23-3/h4-11H,1-3H3,(H,20,21,22). The Labute approximate surface area is 150 Å². The normalized spacial score (nSPS) is 10.6. The van der Waals surface area contributed by atoms with Gasteiger partial charge in [0.15, 0.2) is 5.13 Å². The molecule has 3 aromatic rings. The molecule has 1 heterocycles. The van der Waals surface area contributed by atoms with Crippen molar-refractivity contribution in [1.82, 2.24) is 4.98 Å². The van der Waals surface area contributed by atoms with Gasteiger partial charge in [0.05, 0.1) is 5.69 Å². The maximum absolute atomic E-state index is 12.4. The van der Waals surface area contributed by atoms with Crippen LogP contribution in [0.5, 0.6) is 0 Å². The van der Waals surface area contributed by atoms with Gasteiger partial charge in [0.1, 0.15) is 0 Å². The number of hydrogen-bond acceptors (Lipinski definition) is 4. The van der Waals surface area contributed by atoms with E-state index in [-0.39, 0.29) is 5.91 Å². The van der Waals surface area contributed by atoms with Crippen LogP contribution in [0.25, 0.3) is 11.3 Å². The van der Waals surface area contributed by atoms with Gasteiger partial charge in [0.2, 0.25) is 0 Å². The van der Waals surface area contributed by atoms with E-state index in [4.69, 9.17) is 0 Å². The molecule has 0 radical (unpaired) electrons. The predicted molar refractivity (Wildman–Crippen MR) is 103 cm³/mol. The van der Waals surface area contributed by atoms with Gasteiger partial charge in [-0.3, -0.25) is 10.1 Å². The molecule has 5 heteroatoms. The van der Waals surface area contributed by atoms with Crippen molar-refractivity contribution in [2.75, 3.05) is 11.6 Å². The molecule has 1 N–H and O–H groups in total. The Morgan fingerprint density at radius 1 is 1.17 bits per heavy atom. The molecule has 0 aliphatic carbocycles. The number of anilines is 1. The van der Waals surface area contributed by atoms with Gasteiger partial charge < -0.3 is 0 Å². The predicted octanol–water partition coefficient (Wildman–Crippen LogP) is 5.40. The van der Waals surface area contributed by atoms with Crippen molar-refractivity contribution in [1.29, 1.82) is 0 Å². The lowest BCUT2D eigenvalue weighted by Gasteiger charge is -2.05. The van der Waals surface area contributed by atoms with Crippen LogP contribution in [0.3, 0.4) is 0 Å². The second-order valence-electron chi connectivity index (χ2n) is 5.54. The highest BCUT2D eigenvalue weighted by molar-refractivity contribution is 7.98. The van der Waals surface area contributed by atoms with Gasteiger partial charge in [-0.25, -0.2) is 4.98 Å². The van der Waals surface area contributed by atoms with Crippen LogP contribution in [-0.4, -0.2) is 17.1 Å². The minimum Gasteiger partial charge on any atom is -0.298 e. The highest BCUT2D eigenvalue weighted by Crippen LogP contribution is 2.28. The summed E-state index contributed by atoms with van der Waals surface area (Å²) >= 11 is 3.06. The number of aryl methyl sites for hydroxylation is 2. The van der Waals surface area contributed by atoms with Crippen LogP contribution in [0.1, 0.15) is 21.5 Å². The molecule has 0 bridgehead atoms. The van der Waals surface area contributed by atoms with E-state index in [1.807, 2.05) is 35.9 Å². The highest BCUT2D eigenvalue weighted by Gasteiger charge is 2.11. The number of hydrogen-bond donors (Lipinski definition) is 1. The summed E-state index contributed by atoms with van der Waals surface area (Å²) in [4.78, 5) is 18.0. The summed E-state index contributed by atoms with van der Waals surface area (Å²) in [7, 11) is 0. The molecule has 0 aliphatic rings. The molecule has 3 nitrogen and oxygen atoms in total. The fourth-order valence-corrected chi connectivity index (χ4v) is 3.57. The highest BCUT2D eigenvalue weighted by atomic mass is 32.2. The van der Waals surface area contributed by atoms with Crippen LogP contribution < -0.4 is 5.32 Å². The van der Waals surface area contributed by atoms with E-state index >= 15 is 0 Å². The van der Waals surface area contributed by atoms with Gasteiger partial charge >= 0.3 is 0 Å². The number of amides is 1. The molecule has 3 rings (SSSR count). The van der Waals surface area contributed by atoms with E-state index in [9.17, 15) is 4.79 Å². The Morgan fingerprint density at radius 3 is 2.79 bits per heavy atom. The molecule has 1 aromatic heterocycles. The lowest BCUT2D eigenvalue weighted by molar-refractivity contribution is 0.102. The van der Waals surface area contributed by atoms with Gasteiger partial charge in [-0.2, -0.15) is 0 Å². The van der Waals surface area contributed by atoms with Crippen molar-refractivity contribution in [2.45, 2.75) is 18.7 Å². The molecule has 0 spiro atoms. The Bertz CT molecular complexity index is 887. The van der Waals surface area contributed by atoms with Gasteiger partial charge in [-0.05, 0) is 49.9 Å². The maximum atomic E-state index is 12.4. The summed E-state index contributed by atoms with van der Waals surface area (Å²) in [5, 5.41) is 5.49. The summed E-state index contributed by atoms with van der Waals surface area (Å²) in [5.74, 6) is -0.132. The molecule has 0 aliphatic heterocycles. The minimum atomic E-state index is -0.132. The second kappa shape index (κ2) is 7.20. The number of aromatic nitrogens is 1. The van der Waals surface area contributed by atoms with Crippen LogP contribution in [0, 0.1) is 13.8 Å². The second-order valence-corrected chi connectivity index (χ2v) is 7.28. The molecule has 0 saturated heterocycles. The molecule has 122 valence electrons. The van der Waals surface area contributed by atoms with Crippen LogP contribution in [0.4, 0.5) is 5.13 Å². The van der Waals surface area contributed by atoms with E-state index in [1.54, 1.807) is 11.8 Å². The number of rotatable bonds is 4. The molecule has 0 saturated carbocycles. The largest absolute Gasteiger partial charge is 0.298 e. The number of nitrogens with zero attached hydrogens (tertiary/aromatic N) is 1. The molecular weight excluding hydrogens is 336 g/mol. The Hall–Kier alpha value is -2.11. The Kier molecular flexibility index (Phi) is 5.02. The molecule has 0 unspecified atom stereocenters. The van der Waals surface area contributed by atoms with E-state index in [1.165, 1.54) is 22.5 Å². The first-order valence-electron chi connectivity index (χ1n) is 7.55. The van der Waals surface area contributed by atoms with Gasteiger partial charge in [0.25, 0.3) is 5.91 Å². The summed E-state index contributed by atoms with van der Waals surface area (Å²) in [5.41, 5.74) is 5.02. The number of nitrogens with one attached hydrogen (secondary N) is 1. The number of carbonyl (C=O) groups excluding carboxylic acids is 1. The summed E-state index contributed by atoms with van der Waals surface area (Å²) in [6.07, 6.45) is 1.99. The van der Waals surface area contributed by atoms with Crippen LogP contribution in [-0.2, 0) is 0 Å². The average Bonchev–Trinajstić information content (AvgIpc) is 3.05. The first-order valence-corrected chi connectivity index (χ1v) is 9.66. The number of thioether (sulfide) groups is 1. The number of thiazole rings is 1. The van der Waals surface area contributed by atoms with E-state index < -0.39 is 0 Å². The van der Waals surface area contributed by atoms with Gasteiger partial charge in [-0.15, -0.1) is 23.1 Å². The van der Waals surface area contributed by atoms with Crippen LogP contribution >= 0.6 is 23.1 Å². The van der Waals surface area contributed by atoms with Crippen LogP contribution in [0.2, 0.25) is 0 Å². The first kappa shape index (κ1) is 16.7. The van der Waals surface area contributed by atoms with Gasteiger partial charge in [0, 0.05) is 21.4 Å². The smallest absolute Gasteiger partial charge is 0.257 e. The summed E-state index contributed by atoms with van der Waals surface area (Å²) in [6, 6.07) is 13.9. The van der Waals surface area contributed by atoms with Crippen molar-refractivity contribution in [3.05, 3.63) is 64.5 Å². The first-order chi connectivity index (χ1) is 11.6. The average molecular weight is 355 g/mol. The summed E-state index contributed by atoms with van der Waals surface area (Å²) < 4.78 is 0. The lowest BCUT2D eigenvalue weighted by atomic mass is 10.0. The Balaban J connectivity index is 1.81. The zero-order chi connectivity index (χ0) is 17.1. The molecule has 0 fully saturated rings. The number of benzene rings is 2. The zero-order valence-corrected chi connectivity index (χ0v) is 15.4. The molecular formula is C19H18N2OS2. The van der Waals surface area contributed by atoms with E-state index in [2.05, 4.69) is 42.3 Å². The monoisotopic (exact) mass is 354 g/mol. The Morgan fingerprint density at radius 2 is 2.00 bits per heavy atom. The van der Waals surface area contributed by atoms with Crippen molar-refractivity contribution >= 4 is 34.1 Å². The fraction of sp³-hybridized carbons (Fsp3) is 0.158. The molecule has 0 atom stereocenters. The quantitative estimate of drug-likeness (QED) is 0.638. The molecule has 2 aromatic carbocycles. The van der Waals surface area contributed by atoms with Crippen LogP contribution in [0.15, 0.2) is 52.7 Å². The third-order valence-electron chi connectivity index (χ3n) is 3.73. The third kappa shape index (κ3) is 3.68. The maximum Gasteiger partial charge on any atom is 0.257 e. The van der Waals surface area contributed by atoms with Crippen molar-refractivity contribution < 1.29 is 4.79 Å². The zero-order valence-electron chi connectivity index (χ0n) is 13.8. The number of carbonyl (C=O) groups is 1. The fourth-order valence-electron chi connectivity index (χ4n) is 2.40. The van der Waals surface area contributed by atoms with Gasteiger partial charge in [-0.1, -0.05) is 23.8 Å². The minimum absolute atomic E-state index is 0.132. The molecule has 24 heavy (non-hydrogen) atoms. The summed E-state index contributed by atoms with van der Waals surface area (Å²) in [6.45, 7) is 4.14. The van der Waals surface area contributed by atoms with E-state index in [0.29, 0.717) is 10.7 Å².